The molecule has 0 atom stereocenters. The molecule has 3 rings (SSSR count). The zero-order valence-corrected chi connectivity index (χ0v) is 11.4. The van der Waals surface area contributed by atoms with Crippen molar-refractivity contribution in [1.29, 1.82) is 5.26 Å². The van der Waals surface area contributed by atoms with Crippen LogP contribution in [0.15, 0.2) is 30.5 Å². The van der Waals surface area contributed by atoms with Gasteiger partial charge in [-0.3, -0.25) is 0 Å². The van der Waals surface area contributed by atoms with Crippen LogP contribution in [-0.2, 0) is 13.0 Å². The SMILES string of the molecule is Cc1ccnc(N2CCc3cccc(N)c3C2)c1C#N. The molecular weight excluding hydrogens is 248 g/mol. The highest BCUT2D eigenvalue weighted by atomic mass is 15.2. The Morgan fingerprint density at radius 3 is 3.00 bits per heavy atom. The third-order valence-corrected chi connectivity index (χ3v) is 3.86. The number of fused-ring (bicyclic) bond motifs is 1. The van der Waals surface area contributed by atoms with E-state index in [1.807, 2.05) is 25.1 Å². The minimum Gasteiger partial charge on any atom is -0.398 e. The van der Waals surface area contributed by atoms with Crippen molar-refractivity contribution in [3.63, 3.8) is 0 Å². The van der Waals surface area contributed by atoms with Crippen molar-refractivity contribution in [1.82, 2.24) is 4.98 Å². The number of pyridine rings is 1. The lowest BCUT2D eigenvalue weighted by molar-refractivity contribution is 0.721. The topological polar surface area (TPSA) is 65.9 Å². The summed E-state index contributed by atoms with van der Waals surface area (Å²) in [4.78, 5) is 6.54. The van der Waals surface area contributed by atoms with Gasteiger partial charge >= 0.3 is 0 Å². The Kier molecular flexibility index (Phi) is 3.03. The molecule has 2 N–H and O–H groups in total. The van der Waals surface area contributed by atoms with Crippen molar-refractivity contribution in [2.24, 2.45) is 0 Å². The van der Waals surface area contributed by atoms with Gasteiger partial charge in [-0.15, -0.1) is 0 Å². The Morgan fingerprint density at radius 2 is 2.20 bits per heavy atom. The first-order valence-electron chi connectivity index (χ1n) is 6.67. The maximum Gasteiger partial charge on any atom is 0.147 e. The number of nitriles is 1. The molecule has 4 heteroatoms. The van der Waals surface area contributed by atoms with Crippen molar-refractivity contribution in [3.05, 3.63) is 52.7 Å². The number of benzene rings is 1. The van der Waals surface area contributed by atoms with Crippen LogP contribution in [0.3, 0.4) is 0 Å². The van der Waals surface area contributed by atoms with Crippen LogP contribution in [0, 0.1) is 18.3 Å². The van der Waals surface area contributed by atoms with Gasteiger partial charge in [-0.05, 0) is 42.2 Å². The summed E-state index contributed by atoms with van der Waals surface area (Å²) in [5.74, 6) is 0.765. The molecule has 100 valence electrons. The van der Waals surface area contributed by atoms with E-state index in [2.05, 4.69) is 22.0 Å². The molecule has 20 heavy (non-hydrogen) atoms. The first-order valence-corrected chi connectivity index (χ1v) is 6.67. The van der Waals surface area contributed by atoms with E-state index in [0.717, 1.165) is 35.6 Å². The van der Waals surface area contributed by atoms with Gasteiger partial charge in [0.2, 0.25) is 0 Å². The summed E-state index contributed by atoms with van der Waals surface area (Å²) in [6.07, 6.45) is 2.69. The molecule has 1 aromatic heterocycles. The predicted octanol–water partition coefficient (Wildman–Crippen LogP) is 2.41. The number of nitrogens with two attached hydrogens (primary N) is 1. The highest BCUT2D eigenvalue weighted by Gasteiger charge is 2.21. The molecule has 1 aliphatic heterocycles. The van der Waals surface area contributed by atoms with Crippen LogP contribution < -0.4 is 10.6 Å². The fourth-order valence-electron chi connectivity index (χ4n) is 2.71. The Hall–Kier alpha value is -2.54. The first-order chi connectivity index (χ1) is 9.70. The normalized spacial score (nSPS) is 13.7. The van der Waals surface area contributed by atoms with Gasteiger partial charge in [-0.2, -0.15) is 5.26 Å². The standard InChI is InChI=1S/C16H16N4/c1-11-5-7-19-16(13(11)9-17)20-8-6-12-3-2-4-15(18)14(12)10-20/h2-5,7H,6,8,10,18H2,1H3. The summed E-state index contributed by atoms with van der Waals surface area (Å²) in [6.45, 7) is 3.52. The number of anilines is 2. The lowest BCUT2D eigenvalue weighted by Gasteiger charge is -2.31. The van der Waals surface area contributed by atoms with Crippen molar-refractivity contribution in [2.75, 3.05) is 17.2 Å². The number of hydrogen-bond acceptors (Lipinski definition) is 4. The fraction of sp³-hybridized carbons (Fsp3) is 0.250. The number of nitrogens with zero attached hydrogens (tertiary/aromatic N) is 3. The van der Waals surface area contributed by atoms with E-state index in [1.165, 1.54) is 5.56 Å². The lowest BCUT2D eigenvalue weighted by Crippen LogP contribution is -2.32. The van der Waals surface area contributed by atoms with Crippen LogP contribution in [0.5, 0.6) is 0 Å². The lowest BCUT2D eigenvalue weighted by atomic mass is 9.97. The van der Waals surface area contributed by atoms with E-state index in [1.54, 1.807) is 6.20 Å². The second-order valence-electron chi connectivity index (χ2n) is 5.09. The van der Waals surface area contributed by atoms with Crippen LogP contribution in [0.1, 0.15) is 22.3 Å². The van der Waals surface area contributed by atoms with E-state index in [-0.39, 0.29) is 0 Å². The van der Waals surface area contributed by atoms with Crippen molar-refractivity contribution in [3.8, 4) is 6.07 Å². The van der Waals surface area contributed by atoms with Crippen LogP contribution in [-0.4, -0.2) is 11.5 Å². The van der Waals surface area contributed by atoms with Crippen LogP contribution in [0.25, 0.3) is 0 Å². The monoisotopic (exact) mass is 264 g/mol. The van der Waals surface area contributed by atoms with Crippen molar-refractivity contribution < 1.29 is 0 Å². The van der Waals surface area contributed by atoms with Crippen molar-refractivity contribution in [2.45, 2.75) is 19.9 Å². The summed E-state index contributed by atoms with van der Waals surface area (Å²) in [6, 6.07) is 10.2. The average Bonchev–Trinajstić information content (AvgIpc) is 2.47. The van der Waals surface area contributed by atoms with E-state index in [0.29, 0.717) is 12.1 Å². The minimum atomic E-state index is 0.658. The summed E-state index contributed by atoms with van der Waals surface area (Å²) in [5, 5.41) is 9.34. The maximum atomic E-state index is 9.34. The van der Waals surface area contributed by atoms with Gasteiger partial charge in [0.05, 0.1) is 5.56 Å². The molecule has 1 aromatic carbocycles. The van der Waals surface area contributed by atoms with Crippen molar-refractivity contribution >= 4 is 11.5 Å². The van der Waals surface area contributed by atoms with Gasteiger partial charge in [-0.1, -0.05) is 12.1 Å². The van der Waals surface area contributed by atoms with E-state index in [9.17, 15) is 5.26 Å². The quantitative estimate of drug-likeness (QED) is 0.803. The molecule has 0 saturated carbocycles. The molecule has 0 spiro atoms. The Balaban J connectivity index is 2.01. The first kappa shape index (κ1) is 12.5. The van der Waals surface area contributed by atoms with Crippen LogP contribution >= 0.6 is 0 Å². The largest absolute Gasteiger partial charge is 0.398 e. The highest BCUT2D eigenvalue weighted by Crippen LogP contribution is 2.29. The zero-order valence-electron chi connectivity index (χ0n) is 11.4. The van der Waals surface area contributed by atoms with E-state index in [4.69, 9.17) is 5.73 Å². The third-order valence-electron chi connectivity index (χ3n) is 3.86. The summed E-state index contributed by atoms with van der Waals surface area (Å²) in [5.41, 5.74) is 11.0. The van der Waals surface area contributed by atoms with Crippen LogP contribution in [0.4, 0.5) is 11.5 Å². The predicted molar refractivity (Wildman–Crippen MR) is 79.3 cm³/mol. The molecular formula is C16H16N4. The zero-order chi connectivity index (χ0) is 14.1. The number of aromatic nitrogens is 1. The van der Waals surface area contributed by atoms with Gasteiger partial charge in [0.1, 0.15) is 11.9 Å². The Bertz CT molecular complexity index is 700. The fourth-order valence-corrected chi connectivity index (χ4v) is 2.71. The van der Waals surface area contributed by atoms with Gasteiger partial charge in [-0.25, -0.2) is 4.98 Å². The molecule has 0 radical (unpaired) electrons. The molecule has 0 fully saturated rings. The minimum absolute atomic E-state index is 0.658. The smallest absolute Gasteiger partial charge is 0.147 e. The number of hydrogen-bond donors (Lipinski definition) is 1. The second kappa shape index (κ2) is 4.86. The van der Waals surface area contributed by atoms with E-state index < -0.39 is 0 Å². The number of aryl methyl sites for hydroxylation is 1. The second-order valence-corrected chi connectivity index (χ2v) is 5.09. The molecule has 0 unspecified atom stereocenters. The van der Waals surface area contributed by atoms with Crippen LogP contribution in [0.2, 0.25) is 0 Å². The summed E-state index contributed by atoms with van der Waals surface area (Å²) in [7, 11) is 0. The van der Waals surface area contributed by atoms with Gasteiger partial charge in [0.25, 0.3) is 0 Å². The molecule has 2 aromatic rings. The molecule has 1 aliphatic rings. The summed E-state index contributed by atoms with van der Waals surface area (Å²) >= 11 is 0. The number of rotatable bonds is 1. The Morgan fingerprint density at radius 1 is 1.35 bits per heavy atom. The molecule has 0 bridgehead atoms. The van der Waals surface area contributed by atoms with Gasteiger partial charge in [0, 0.05) is 25.0 Å². The molecule has 0 saturated heterocycles. The average molecular weight is 264 g/mol. The third kappa shape index (κ3) is 1.97. The highest BCUT2D eigenvalue weighted by molar-refractivity contribution is 5.61. The molecule has 2 heterocycles. The molecule has 0 aliphatic carbocycles. The Labute approximate surface area is 118 Å². The number of nitrogen functional groups attached to an aromatic ring is 1. The molecule has 4 nitrogen and oxygen atoms in total. The van der Waals surface area contributed by atoms with Gasteiger partial charge in [0.15, 0.2) is 0 Å². The summed E-state index contributed by atoms with van der Waals surface area (Å²) < 4.78 is 0. The van der Waals surface area contributed by atoms with E-state index >= 15 is 0 Å². The molecule has 0 amide bonds. The maximum absolute atomic E-state index is 9.34. The van der Waals surface area contributed by atoms with Gasteiger partial charge < -0.3 is 10.6 Å².